The summed E-state index contributed by atoms with van der Waals surface area (Å²) in [6.45, 7) is 5.87. The van der Waals surface area contributed by atoms with E-state index in [1.807, 2.05) is 49.1 Å². The number of benzene rings is 2. The smallest absolute Gasteiger partial charge is 0.493 e. The van der Waals surface area contributed by atoms with Gasteiger partial charge in [0.1, 0.15) is 0 Å². The molecule has 11 heteroatoms. The number of ether oxygens (including phenoxy) is 3. The van der Waals surface area contributed by atoms with Crippen LogP contribution < -0.4 is 20.1 Å². The summed E-state index contributed by atoms with van der Waals surface area (Å²) in [5.41, 5.74) is 1.44. The van der Waals surface area contributed by atoms with Crippen LogP contribution in [0, 0.1) is 17.8 Å². The molecule has 1 aliphatic heterocycles. The Morgan fingerprint density at radius 2 is 1.74 bits per heavy atom. The molecule has 0 spiro atoms. The molecule has 1 aliphatic carbocycles. The zero-order valence-corrected chi connectivity index (χ0v) is 25.0. The van der Waals surface area contributed by atoms with Crippen molar-refractivity contribution >= 4 is 11.8 Å². The van der Waals surface area contributed by atoms with Crippen molar-refractivity contribution in [2.45, 2.75) is 51.4 Å². The third-order valence-electron chi connectivity index (χ3n) is 8.09. The Morgan fingerprint density at radius 1 is 1.02 bits per heavy atom. The normalized spacial score (nSPS) is 19.2. The van der Waals surface area contributed by atoms with E-state index >= 15 is 0 Å². The molecule has 0 bridgehead atoms. The van der Waals surface area contributed by atoms with Gasteiger partial charge in [-0.3, -0.25) is 14.3 Å². The first-order chi connectivity index (χ1) is 20.6. The first-order valence-corrected chi connectivity index (χ1v) is 14.9. The molecule has 1 saturated heterocycles. The van der Waals surface area contributed by atoms with Gasteiger partial charge in [-0.15, -0.1) is 13.2 Å². The van der Waals surface area contributed by atoms with Crippen molar-refractivity contribution in [1.82, 2.24) is 15.5 Å². The number of methoxy groups -OCH3 is 1. The van der Waals surface area contributed by atoms with Crippen molar-refractivity contribution in [2.24, 2.45) is 17.8 Å². The second-order valence-electron chi connectivity index (χ2n) is 11.6. The molecule has 1 unspecified atom stereocenters. The fourth-order valence-corrected chi connectivity index (χ4v) is 5.61. The second kappa shape index (κ2) is 14.9. The SMILES string of the molecule is COc1ccc(C(=O)N(C[C@@H]2CNC[C@H]2CNC(=O)C(c2ccccc2)C2CC2)C(C)C)cc1OCCCOC(F)(F)F. The maximum Gasteiger partial charge on any atom is 0.522 e. The van der Waals surface area contributed by atoms with Gasteiger partial charge in [-0.2, -0.15) is 0 Å². The lowest BCUT2D eigenvalue weighted by molar-refractivity contribution is -0.324. The Hall–Kier alpha value is -3.31. The van der Waals surface area contributed by atoms with E-state index < -0.39 is 13.0 Å². The van der Waals surface area contributed by atoms with E-state index in [4.69, 9.17) is 9.47 Å². The highest BCUT2D eigenvalue weighted by Gasteiger charge is 2.38. The predicted molar refractivity (Wildman–Crippen MR) is 156 cm³/mol. The van der Waals surface area contributed by atoms with Gasteiger partial charge in [-0.05, 0) is 68.2 Å². The van der Waals surface area contributed by atoms with Crippen molar-refractivity contribution < 1.29 is 37.0 Å². The summed E-state index contributed by atoms with van der Waals surface area (Å²) in [6, 6.07) is 14.7. The molecule has 0 aromatic heterocycles. The summed E-state index contributed by atoms with van der Waals surface area (Å²) in [4.78, 5) is 28.8. The second-order valence-corrected chi connectivity index (χ2v) is 11.6. The molecule has 1 heterocycles. The highest BCUT2D eigenvalue weighted by Crippen LogP contribution is 2.42. The number of hydrogen-bond donors (Lipinski definition) is 2. The fraction of sp³-hybridized carbons (Fsp3) is 0.562. The number of carbonyl (C=O) groups excluding carboxylic acids is 2. The zero-order valence-electron chi connectivity index (χ0n) is 25.0. The van der Waals surface area contributed by atoms with E-state index in [0.717, 1.165) is 31.5 Å². The van der Waals surface area contributed by atoms with Gasteiger partial charge in [0.25, 0.3) is 5.91 Å². The van der Waals surface area contributed by atoms with Gasteiger partial charge in [0.15, 0.2) is 11.5 Å². The van der Waals surface area contributed by atoms with Gasteiger partial charge < -0.3 is 25.0 Å². The van der Waals surface area contributed by atoms with Crippen LogP contribution in [0.25, 0.3) is 0 Å². The summed E-state index contributed by atoms with van der Waals surface area (Å²) >= 11 is 0. The van der Waals surface area contributed by atoms with E-state index in [1.54, 1.807) is 18.2 Å². The van der Waals surface area contributed by atoms with Gasteiger partial charge in [-0.25, -0.2) is 0 Å². The van der Waals surface area contributed by atoms with Crippen molar-refractivity contribution in [3.05, 3.63) is 59.7 Å². The van der Waals surface area contributed by atoms with Gasteiger partial charge in [0.2, 0.25) is 5.91 Å². The number of amides is 2. The molecular weight excluding hydrogens is 563 g/mol. The molecule has 4 rings (SSSR count). The van der Waals surface area contributed by atoms with Gasteiger partial charge in [0, 0.05) is 44.2 Å². The van der Waals surface area contributed by atoms with E-state index in [1.165, 1.54) is 7.11 Å². The highest BCUT2D eigenvalue weighted by molar-refractivity contribution is 5.95. The van der Waals surface area contributed by atoms with E-state index in [0.29, 0.717) is 30.3 Å². The topological polar surface area (TPSA) is 89.1 Å². The first kappa shape index (κ1) is 32.6. The monoisotopic (exact) mass is 605 g/mol. The Morgan fingerprint density at radius 3 is 2.40 bits per heavy atom. The Labute approximate surface area is 251 Å². The number of alkyl halides is 3. The number of halogens is 3. The minimum absolute atomic E-state index is 0.0122. The average Bonchev–Trinajstić information content (AvgIpc) is 3.71. The van der Waals surface area contributed by atoms with E-state index in [2.05, 4.69) is 15.4 Å². The molecule has 2 fully saturated rings. The summed E-state index contributed by atoms with van der Waals surface area (Å²) in [5.74, 6) is 1.10. The molecule has 2 aromatic carbocycles. The minimum atomic E-state index is -4.69. The van der Waals surface area contributed by atoms with Crippen LogP contribution in [-0.4, -0.2) is 75.6 Å². The van der Waals surface area contributed by atoms with Gasteiger partial charge >= 0.3 is 6.36 Å². The maximum absolute atomic E-state index is 13.7. The zero-order chi connectivity index (χ0) is 31.0. The van der Waals surface area contributed by atoms with Crippen LogP contribution in [0.1, 0.15) is 54.9 Å². The number of nitrogens with one attached hydrogen (secondary N) is 2. The van der Waals surface area contributed by atoms with Crippen molar-refractivity contribution in [1.29, 1.82) is 0 Å². The van der Waals surface area contributed by atoms with E-state index in [9.17, 15) is 22.8 Å². The lowest BCUT2D eigenvalue weighted by Gasteiger charge is -2.32. The third-order valence-corrected chi connectivity index (χ3v) is 8.09. The quantitative estimate of drug-likeness (QED) is 0.278. The summed E-state index contributed by atoms with van der Waals surface area (Å²) in [6.07, 6.45) is -2.55. The van der Waals surface area contributed by atoms with Crippen LogP contribution in [-0.2, 0) is 9.53 Å². The Kier molecular flexibility index (Phi) is 11.3. The minimum Gasteiger partial charge on any atom is -0.493 e. The van der Waals surface area contributed by atoms with Crippen LogP contribution in [0.5, 0.6) is 11.5 Å². The fourth-order valence-electron chi connectivity index (χ4n) is 5.61. The Bertz CT molecular complexity index is 1210. The van der Waals surface area contributed by atoms with Crippen molar-refractivity contribution in [3.8, 4) is 11.5 Å². The number of nitrogens with zero attached hydrogens (tertiary/aromatic N) is 1. The third kappa shape index (κ3) is 9.34. The van der Waals surface area contributed by atoms with Crippen LogP contribution in [0.3, 0.4) is 0 Å². The van der Waals surface area contributed by atoms with E-state index in [-0.39, 0.29) is 54.4 Å². The standard InChI is InChI=1S/C32H42F3N3O5/c1-21(2)38(31(40)24-12-13-27(41-3)28(16-24)42-14-7-15-43-32(33,34)35)20-26-18-36-17-25(26)19-37-30(39)29(23-10-11-23)22-8-5-4-6-9-22/h4-6,8-9,12-13,16,21,23,25-26,29,36H,7,10-11,14-15,17-20H2,1-3H3,(H,37,39)/t25-,26-,29?/m0/s1. The average molecular weight is 606 g/mol. The highest BCUT2D eigenvalue weighted by atomic mass is 19.4. The summed E-state index contributed by atoms with van der Waals surface area (Å²) in [5, 5.41) is 6.64. The molecule has 2 aliphatic rings. The van der Waals surface area contributed by atoms with Gasteiger partial charge in [-0.1, -0.05) is 30.3 Å². The molecule has 3 atom stereocenters. The molecule has 43 heavy (non-hydrogen) atoms. The molecular formula is C32H42F3N3O5. The van der Waals surface area contributed by atoms with Crippen LogP contribution in [0.2, 0.25) is 0 Å². The number of carbonyl (C=O) groups is 2. The molecule has 2 aromatic rings. The molecule has 8 nitrogen and oxygen atoms in total. The maximum atomic E-state index is 13.7. The molecule has 236 valence electrons. The van der Waals surface area contributed by atoms with Crippen LogP contribution in [0.15, 0.2) is 48.5 Å². The number of hydrogen-bond acceptors (Lipinski definition) is 6. The predicted octanol–water partition coefficient (Wildman–Crippen LogP) is 5.00. The largest absolute Gasteiger partial charge is 0.522 e. The van der Waals surface area contributed by atoms with Gasteiger partial charge in [0.05, 0.1) is 26.2 Å². The summed E-state index contributed by atoms with van der Waals surface area (Å²) < 4.78 is 51.5. The van der Waals surface area contributed by atoms with Crippen LogP contribution >= 0.6 is 0 Å². The molecule has 2 N–H and O–H groups in total. The summed E-state index contributed by atoms with van der Waals surface area (Å²) in [7, 11) is 1.45. The first-order valence-electron chi connectivity index (χ1n) is 14.9. The lowest BCUT2D eigenvalue weighted by Crippen LogP contribution is -2.44. The molecule has 1 saturated carbocycles. The Balaban J connectivity index is 1.37. The van der Waals surface area contributed by atoms with Crippen molar-refractivity contribution in [2.75, 3.05) is 46.5 Å². The molecule has 0 radical (unpaired) electrons. The molecule has 2 amide bonds. The number of rotatable bonds is 15. The lowest BCUT2D eigenvalue weighted by atomic mass is 9.91. The van der Waals surface area contributed by atoms with Crippen LogP contribution in [0.4, 0.5) is 13.2 Å². The van der Waals surface area contributed by atoms with Crippen molar-refractivity contribution in [3.63, 3.8) is 0 Å².